The van der Waals surface area contributed by atoms with E-state index in [1.54, 1.807) is 4.90 Å². The lowest BCUT2D eigenvalue weighted by atomic mass is 10.2. The van der Waals surface area contributed by atoms with E-state index in [2.05, 4.69) is 19.2 Å². The van der Waals surface area contributed by atoms with Gasteiger partial charge in [-0.15, -0.1) is 0 Å². The fourth-order valence-corrected chi connectivity index (χ4v) is 2.27. The van der Waals surface area contributed by atoms with Crippen LogP contribution in [-0.2, 0) is 9.47 Å². The first-order valence-electron chi connectivity index (χ1n) is 8.11. The summed E-state index contributed by atoms with van der Waals surface area (Å²) in [5, 5.41) is 3.51. The number of hydrogen-bond donors (Lipinski definition) is 1. The highest BCUT2D eigenvalue weighted by Gasteiger charge is 2.29. The summed E-state index contributed by atoms with van der Waals surface area (Å²) in [6.45, 7) is 13.1. The first kappa shape index (κ1) is 18.2. The van der Waals surface area contributed by atoms with Gasteiger partial charge in [0.05, 0.1) is 6.10 Å². The minimum absolute atomic E-state index is 0.197. The van der Waals surface area contributed by atoms with Crippen molar-refractivity contribution < 1.29 is 14.3 Å². The summed E-state index contributed by atoms with van der Waals surface area (Å²) >= 11 is 0. The second kappa shape index (κ2) is 8.59. The lowest BCUT2D eigenvalue weighted by Crippen LogP contribution is -2.38. The summed E-state index contributed by atoms with van der Waals surface area (Å²) in [5.74, 6) is 0. The van der Waals surface area contributed by atoms with E-state index >= 15 is 0 Å². The molecule has 1 unspecified atom stereocenters. The number of carbonyl (C=O) groups excluding carboxylic acids is 1. The molecule has 1 heterocycles. The molecule has 0 radical (unpaired) electrons. The van der Waals surface area contributed by atoms with Gasteiger partial charge < -0.3 is 19.7 Å². The summed E-state index contributed by atoms with van der Waals surface area (Å²) in [6.07, 6.45) is 3.30. The van der Waals surface area contributed by atoms with E-state index in [1.165, 1.54) is 0 Å². The van der Waals surface area contributed by atoms with E-state index in [0.29, 0.717) is 12.1 Å². The van der Waals surface area contributed by atoms with E-state index in [9.17, 15) is 4.79 Å². The summed E-state index contributed by atoms with van der Waals surface area (Å²) in [7, 11) is 0. The molecule has 0 saturated carbocycles. The van der Waals surface area contributed by atoms with Crippen LogP contribution >= 0.6 is 0 Å². The predicted octanol–water partition coefficient (Wildman–Crippen LogP) is 2.79. The zero-order valence-corrected chi connectivity index (χ0v) is 14.3. The van der Waals surface area contributed by atoms with Gasteiger partial charge in [-0.1, -0.05) is 0 Å². The second-order valence-corrected chi connectivity index (χ2v) is 6.99. The molecule has 1 atom stereocenters. The molecule has 1 aliphatic rings. The Morgan fingerprint density at radius 2 is 2.05 bits per heavy atom. The van der Waals surface area contributed by atoms with E-state index in [4.69, 9.17) is 9.47 Å². The van der Waals surface area contributed by atoms with Crippen molar-refractivity contribution in [2.45, 2.75) is 71.6 Å². The summed E-state index contributed by atoms with van der Waals surface area (Å²) in [6, 6.07) is 0.392. The van der Waals surface area contributed by atoms with Gasteiger partial charge in [-0.3, -0.25) is 0 Å². The fraction of sp³-hybridized carbons (Fsp3) is 0.938. The molecule has 1 fully saturated rings. The van der Waals surface area contributed by atoms with Gasteiger partial charge in [0.1, 0.15) is 5.60 Å². The Morgan fingerprint density at radius 1 is 1.33 bits per heavy atom. The molecule has 5 heteroatoms. The van der Waals surface area contributed by atoms with Gasteiger partial charge in [-0.05, 0) is 60.4 Å². The maximum Gasteiger partial charge on any atom is 0.410 e. The molecule has 0 aromatic heterocycles. The third-order valence-electron chi connectivity index (χ3n) is 3.30. The molecule has 0 bridgehead atoms. The number of amides is 1. The lowest BCUT2D eigenvalue weighted by molar-refractivity contribution is 0.0291. The van der Waals surface area contributed by atoms with Crippen LogP contribution in [0.25, 0.3) is 0 Å². The number of nitrogens with zero attached hydrogens (tertiary/aromatic N) is 1. The van der Waals surface area contributed by atoms with Gasteiger partial charge in [0.2, 0.25) is 0 Å². The van der Waals surface area contributed by atoms with Crippen molar-refractivity contribution in [1.82, 2.24) is 10.2 Å². The second-order valence-electron chi connectivity index (χ2n) is 6.99. The number of likely N-dealkylation sites (tertiary alicyclic amines) is 1. The first-order chi connectivity index (χ1) is 9.78. The monoisotopic (exact) mass is 300 g/mol. The molecule has 1 amide bonds. The molecule has 0 aromatic rings. The Hall–Kier alpha value is -0.810. The van der Waals surface area contributed by atoms with Gasteiger partial charge >= 0.3 is 6.09 Å². The molecule has 124 valence electrons. The molecule has 1 N–H and O–H groups in total. The Balaban J connectivity index is 2.10. The van der Waals surface area contributed by atoms with Crippen molar-refractivity contribution in [3.63, 3.8) is 0 Å². The standard InChI is InChI=1S/C16H32N2O3/c1-13(2)20-11-7-6-9-17-14-8-10-18(12-14)15(19)21-16(3,4)5/h13-14,17H,6-12H2,1-5H3. The highest BCUT2D eigenvalue weighted by atomic mass is 16.6. The number of unbranched alkanes of at least 4 members (excludes halogenated alkanes) is 1. The molecule has 5 nitrogen and oxygen atoms in total. The zero-order chi connectivity index (χ0) is 15.9. The summed E-state index contributed by atoms with van der Waals surface area (Å²) in [5.41, 5.74) is -0.418. The minimum atomic E-state index is -0.418. The van der Waals surface area contributed by atoms with Crippen LogP contribution in [0.4, 0.5) is 4.79 Å². The van der Waals surface area contributed by atoms with Gasteiger partial charge in [-0.2, -0.15) is 0 Å². The van der Waals surface area contributed by atoms with E-state index in [1.807, 2.05) is 20.8 Å². The number of rotatable bonds is 7. The van der Waals surface area contributed by atoms with Crippen LogP contribution in [0.15, 0.2) is 0 Å². The maximum absolute atomic E-state index is 11.9. The van der Waals surface area contributed by atoms with Crippen LogP contribution in [0, 0.1) is 0 Å². The highest BCUT2D eigenvalue weighted by molar-refractivity contribution is 5.68. The molecule has 0 spiro atoms. The predicted molar refractivity (Wildman–Crippen MR) is 84.5 cm³/mol. The largest absolute Gasteiger partial charge is 0.444 e. The van der Waals surface area contributed by atoms with Crippen molar-refractivity contribution in [2.75, 3.05) is 26.2 Å². The smallest absolute Gasteiger partial charge is 0.410 e. The van der Waals surface area contributed by atoms with Crippen LogP contribution < -0.4 is 5.32 Å². The highest BCUT2D eigenvalue weighted by Crippen LogP contribution is 2.15. The van der Waals surface area contributed by atoms with Crippen molar-refractivity contribution in [1.29, 1.82) is 0 Å². The van der Waals surface area contributed by atoms with E-state index in [0.717, 1.165) is 45.5 Å². The fourth-order valence-electron chi connectivity index (χ4n) is 2.27. The van der Waals surface area contributed by atoms with Crippen molar-refractivity contribution in [2.24, 2.45) is 0 Å². The van der Waals surface area contributed by atoms with Crippen molar-refractivity contribution in [3.8, 4) is 0 Å². The Bertz CT molecular complexity index is 313. The number of carbonyl (C=O) groups is 1. The summed E-state index contributed by atoms with van der Waals surface area (Å²) in [4.78, 5) is 13.7. The molecule has 0 aliphatic carbocycles. The van der Waals surface area contributed by atoms with Gasteiger partial charge in [0.15, 0.2) is 0 Å². The molecule has 0 aromatic carbocycles. The topological polar surface area (TPSA) is 50.8 Å². The average Bonchev–Trinajstić information content (AvgIpc) is 2.80. The Kier molecular flexibility index (Phi) is 7.46. The lowest BCUT2D eigenvalue weighted by Gasteiger charge is -2.24. The van der Waals surface area contributed by atoms with Crippen molar-refractivity contribution >= 4 is 6.09 Å². The Labute approximate surface area is 129 Å². The number of nitrogens with one attached hydrogen (secondary N) is 1. The zero-order valence-electron chi connectivity index (χ0n) is 14.3. The number of ether oxygens (including phenoxy) is 2. The summed E-state index contributed by atoms with van der Waals surface area (Å²) < 4.78 is 10.9. The van der Waals surface area contributed by atoms with E-state index in [-0.39, 0.29) is 6.09 Å². The quantitative estimate of drug-likeness (QED) is 0.735. The van der Waals surface area contributed by atoms with Gasteiger partial charge in [-0.25, -0.2) is 4.79 Å². The van der Waals surface area contributed by atoms with E-state index < -0.39 is 5.60 Å². The first-order valence-corrected chi connectivity index (χ1v) is 8.11. The van der Waals surface area contributed by atoms with Crippen molar-refractivity contribution in [3.05, 3.63) is 0 Å². The van der Waals surface area contributed by atoms with Crippen LogP contribution in [0.3, 0.4) is 0 Å². The van der Waals surface area contributed by atoms with Gasteiger partial charge in [0.25, 0.3) is 0 Å². The molecule has 1 rings (SSSR count). The normalized spacial score (nSPS) is 19.3. The molecular weight excluding hydrogens is 268 g/mol. The third kappa shape index (κ3) is 8.27. The SMILES string of the molecule is CC(C)OCCCCNC1CCN(C(=O)OC(C)(C)C)C1. The average molecular weight is 300 g/mol. The molecular formula is C16H32N2O3. The third-order valence-corrected chi connectivity index (χ3v) is 3.30. The Morgan fingerprint density at radius 3 is 2.67 bits per heavy atom. The number of hydrogen-bond acceptors (Lipinski definition) is 4. The van der Waals surface area contributed by atoms with Crippen LogP contribution in [0.2, 0.25) is 0 Å². The molecule has 21 heavy (non-hydrogen) atoms. The van der Waals surface area contributed by atoms with Crippen LogP contribution in [-0.4, -0.2) is 55.0 Å². The molecule has 1 aliphatic heterocycles. The minimum Gasteiger partial charge on any atom is -0.444 e. The van der Waals surface area contributed by atoms with Crippen LogP contribution in [0.5, 0.6) is 0 Å². The van der Waals surface area contributed by atoms with Gasteiger partial charge in [0, 0.05) is 25.7 Å². The maximum atomic E-state index is 11.9. The van der Waals surface area contributed by atoms with Crippen LogP contribution in [0.1, 0.15) is 53.9 Å². The molecule has 1 saturated heterocycles.